The maximum atomic E-state index is 5.21. The molecule has 0 saturated heterocycles. The molecule has 2 aromatic rings. The molecule has 0 fully saturated rings. The monoisotopic (exact) mass is 278 g/mol. The van der Waals surface area contributed by atoms with Gasteiger partial charge in [-0.05, 0) is 25.3 Å². The van der Waals surface area contributed by atoms with E-state index >= 15 is 0 Å². The molecule has 6 heteroatoms. The standard InChI is InChI=1S/C13H18N4OS/c1-10(9-19-2)14-8-6-12-16-13(17-18-12)11-5-3-4-7-15-11/h3-5,7,10,14H,6,8-9H2,1-2H3. The Labute approximate surface area is 117 Å². The van der Waals surface area contributed by atoms with Gasteiger partial charge in [-0.25, -0.2) is 0 Å². The van der Waals surface area contributed by atoms with Gasteiger partial charge in [0.05, 0.1) is 0 Å². The minimum atomic E-state index is 0.494. The van der Waals surface area contributed by atoms with E-state index < -0.39 is 0 Å². The summed E-state index contributed by atoms with van der Waals surface area (Å²) in [7, 11) is 0. The maximum absolute atomic E-state index is 5.21. The summed E-state index contributed by atoms with van der Waals surface area (Å²) in [5.41, 5.74) is 0.737. The number of hydrogen-bond donors (Lipinski definition) is 1. The van der Waals surface area contributed by atoms with E-state index in [0.717, 1.165) is 24.4 Å². The van der Waals surface area contributed by atoms with Gasteiger partial charge in [-0.2, -0.15) is 16.7 Å². The largest absolute Gasteiger partial charge is 0.339 e. The van der Waals surface area contributed by atoms with Crippen LogP contribution in [-0.4, -0.2) is 39.7 Å². The fraction of sp³-hybridized carbons (Fsp3) is 0.462. The highest BCUT2D eigenvalue weighted by atomic mass is 32.2. The van der Waals surface area contributed by atoms with Crippen LogP contribution in [0.2, 0.25) is 0 Å². The Morgan fingerprint density at radius 3 is 3.05 bits per heavy atom. The Morgan fingerprint density at radius 2 is 2.32 bits per heavy atom. The van der Waals surface area contributed by atoms with Crippen LogP contribution in [-0.2, 0) is 6.42 Å². The summed E-state index contributed by atoms with van der Waals surface area (Å²) in [6.45, 7) is 3.01. The molecule has 0 bridgehead atoms. The molecular formula is C13H18N4OS. The average molecular weight is 278 g/mol. The third kappa shape index (κ3) is 4.33. The molecule has 2 aromatic heterocycles. The molecule has 1 N–H and O–H groups in total. The molecule has 0 amide bonds. The average Bonchev–Trinajstić information content (AvgIpc) is 2.89. The van der Waals surface area contributed by atoms with Crippen molar-refractivity contribution < 1.29 is 4.52 Å². The molecule has 19 heavy (non-hydrogen) atoms. The van der Waals surface area contributed by atoms with Crippen molar-refractivity contribution in [3.63, 3.8) is 0 Å². The smallest absolute Gasteiger partial charge is 0.228 e. The summed E-state index contributed by atoms with van der Waals surface area (Å²) in [6.07, 6.45) is 4.56. The van der Waals surface area contributed by atoms with Gasteiger partial charge in [-0.1, -0.05) is 11.2 Å². The van der Waals surface area contributed by atoms with Crippen LogP contribution in [0.5, 0.6) is 0 Å². The van der Waals surface area contributed by atoms with E-state index in [9.17, 15) is 0 Å². The van der Waals surface area contributed by atoms with Crippen molar-refractivity contribution in [2.75, 3.05) is 18.6 Å². The van der Waals surface area contributed by atoms with E-state index in [1.54, 1.807) is 6.20 Å². The normalized spacial score (nSPS) is 12.5. The van der Waals surface area contributed by atoms with Crippen molar-refractivity contribution in [3.8, 4) is 11.5 Å². The zero-order valence-corrected chi connectivity index (χ0v) is 12.0. The molecule has 0 aliphatic carbocycles. The highest BCUT2D eigenvalue weighted by Gasteiger charge is 2.09. The zero-order chi connectivity index (χ0) is 13.5. The summed E-state index contributed by atoms with van der Waals surface area (Å²) >= 11 is 1.84. The van der Waals surface area contributed by atoms with Crippen molar-refractivity contribution in [1.82, 2.24) is 20.4 Å². The van der Waals surface area contributed by atoms with E-state index in [0.29, 0.717) is 17.8 Å². The molecule has 102 valence electrons. The van der Waals surface area contributed by atoms with Gasteiger partial charge in [-0.3, -0.25) is 4.98 Å². The first-order chi connectivity index (χ1) is 9.29. The molecule has 1 unspecified atom stereocenters. The van der Waals surface area contributed by atoms with Crippen LogP contribution >= 0.6 is 11.8 Å². The Kier molecular flexibility index (Phi) is 5.35. The van der Waals surface area contributed by atoms with E-state index in [2.05, 4.69) is 33.6 Å². The molecule has 2 heterocycles. The molecule has 0 aliphatic heterocycles. The van der Waals surface area contributed by atoms with Crippen LogP contribution in [0.4, 0.5) is 0 Å². The molecule has 5 nitrogen and oxygen atoms in total. The Balaban J connectivity index is 1.85. The second-order valence-corrected chi connectivity index (χ2v) is 5.20. The minimum Gasteiger partial charge on any atom is -0.339 e. The van der Waals surface area contributed by atoms with Crippen molar-refractivity contribution in [2.45, 2.75) is 19.4 Å². The van der Waals surface area contributed by atoms with Crippen LogP contribution in [0.25, 0.3) is 11.5 Å². The molecule has 0 aliphatic rings. The minimum absolute atomic E-state index is 0.494. The highest BCUT2D eigenvalue weighted by molar-refractivity contribution is 7.98. The quantitative estimate of drug-likeness (QED) is 0.836. The highest BCUT2D eigenvalue weighted by Crippen LogP contribution is 2.11. The first-order valence-electron chi connectivity index (χ1n) is 6.26. The second kappa shape index (κ2) is 7.25. The van der Waals surface area contributed by atoms with Crippen molar-refractivity contribution >= 4 is 11.8 Å². The Morgan fingerprint density at radius 1 is 1.42 bits per heavy atom. The predicted octanol–water partition coefficient (Wildman–Crippen LogP) is 2.02. The second-order valence-electron chi connectivity index (χ2n) is 4.29. The van der Waals surface area contributed by atoms with Gasteiger partial charge < -0.3 is 9.84 Å². The fourth-order valence-electron chi connectivity index (χ4n) is 1.69. The van der Waals surface area contributed by atoms with Crippen molar-refractivity contribution in [2.24, 2.45) is 0 Å². The first-order valence-corrected chi connectivity index (χ1v) is 7.65. The Bertz CT molecular complexity index is 488. The SMILES string of the molecule is CSCC(C)NCCc1nc(-c2ccccn2)no1. The summed E-state index contributed by atoms with van der Waals surface area (Å²) in [6, 6.07) is 6.13. The number of hydrogen-bond acceptors (Lipinski definition) is 6. The maximum Gasteiger partial charge on any atom is 0.228 e. The van der Waals surface area contributed by atoms with Crippen molar-refractivity contribution in [1.29, 1.82) is 0 Å². The summed E-state index contributed by atoms with van der Waals surface area (Å²) < 4.78 is 5.21. The number of thioether (sulfide) groups is 1. The first kappa shape index (κ1) is 14.0. The summed E-state index contributed by atoms with van der Waals surface area (Å²) in [4.78, 5) is 8.53. The van der Waals surface area contributed by atoms with Gasteiger partial charge in [0, 0.05) is 31.0 Å². The lowest BCUT2D eigenvalue weighted by molar-refractivity contribution is 0.374. The van der Waals surface area contributed by atoms with Crippen LogP contribution in [0, 0.1) is 0 Å². The predicted molar refractivity (Wildman–Crippen MR) is 77.1 cm³/mol. The molecule has 0 aromatic carbocycles. The summed E-state index contributed by atoms with van der Waals surface area (Å²) in [5.74, 6) is 2.29. The van der Waals surface area contributed by atoms with Crippen LogP contribution in [0.3, 0.4) is 0 Å². The van der Waals surface area contributed by atoms with E-state index in [1.807, 2.05) is 30.0 Å². The van der Waals surface area contributed by atoms with Crippen LogP contribution in [0.15, 0.2) is 28.9 Å². The van der Waals surface area contributed by atoms with Gasteiger partial charge in [-0.15, -0.1) is 0 Å². The molecule has 1 atom stereocenters. The molecule has 2 rings (SSSR count). The van der Waals surface area contributed by atoms with Gasteiger partial charge in [0.2, 0.25) is 11.7 Å². The van der Waals surface area contributed by atoms with E-state index in [4.69, 9.17) is 4.52 Å². The third-order valence-electron chi connectivity index (χ3n) is 2.61. The number of nitrogens with one attached hydrogen (secondary N) is 1. The summed E-state index contributed by atoms with van der Waals surface area (Å²) in [5, 5.41) is 7.36. The van der Waals surface area contributed by atoms with Gasteiger partial charge in [0.25, 0.3) is 0 Å². The number of rotatable bonds is 7. The molecular weight excluding hydrogens is 260 g/mol. The lowest BCUT2D eigenvalue weighted by atomic mass is 10.3. The van der Waals surface area contributed by atoms with Gasteiger partial charge in [0.15, 0.2) is 0 Å². The topological polar surface area (TPSA) is 63.8 Å². The van der Waals surface area contributed by atoms with Crippen molar-refractivity contribution in [3.05, 3.63) is 30.3 Å². The lowest BCUT2D eigenvalue weighted by Gasteiger charge is -2.10. The molecule has 0 spiro atoms. The number of aromatic nitrogens is 3. The fourth-order valence-corrected chi connectivity index (χ4v) is 2.31. The lowest BCUT2D eigenvalue weighted by Crippen LogP contribution is -2.30. The molecule has 0 saturated carbocycles. The van der Waals surface area contributed by atoms with E-state index in [-0.39, 0.29) is 0 Å². The van der Waals surface area contributed by atoms with E-state index in [1.165, 1.54) is 0 Å². The number of pyridine rings is 1. The van der Waals surface area contributed by atoms with Crippen LogP contribution in [0.1, 0.15) is 12.8 Å². The third-order valence-corrected chi connectivity index (χ3v) is 3.44. The van der Waals surface area contributed by atoms with Gasteiger partial charge in [0.1, 0.15) is 5.69 Å². The number of nitrogens with zero attached hydrogens (tertiary/aromatic N) is 3. The zero-order valence-electron chi connectivity index (χ0n) is 11.2. The van der Waals surface area contributed by atoms with Gasteiger partial charge >= 0.3 is 0 Å². The van der Waals surface area contributed by atoms with Crippen LogP contribution < -0.4 is 5.32 Å². The molecule has 0 radical (unpaired) electrons. The Hall–Kier alpha value is -1.40.